The lowest BCUT2D eigenvalue weighted by molar-refractivity contribution is 0.174. The van der Waals surface area contributed by atoms with E-state index in [1.807, 2.05) is 18.2 Å². The summed E-state index contributed by atoms with van der Waals surface area (Å²) < 4.78 is 66.4. The highest BCUT2D eigenvalue weighted by Crippen LogP contribution is 2.32. The van der Waals surface area contributed by atoms with Crippen molar-refractivity contribution in [3.05, 3.63) is 83.9 Å². The molecular formula is C25H27N3O6S2. The van der Waals surface area contributed by atoms with E-state index in [9.17, 15) is 16.8 Å². The van der Waals surface area contributed by atoms with Gasteiger partial charge in [0.15, 0.2) is 11.5 Å². The second-order valence-corrected chi connectivity index (χ2v) is 12.4. The Bertz CT molecular complexity index is 1420. The maximum atomic E-state index is 13.1. The van der Waals surface area contributed by atoms with Gasteiger partial charge in [0.2, 0.25) is 26.8 Å². The molecule has 190 valence electrons. The fourth-order valence-electron chi connectivity index (χ4n) is 4.22. The SMILES string of the molecule is O=S(=O)(NCc1ccc2c(c1)OCO2)c1ccc(S(=O)(=O)N2CCN(Cc3ccccc3)CC2)cc1. The van der Waals surface area contributed by atoms with Gasteiger partial charge in [0.05, 0.1) is 9.79 Å². The predicted molar refractivity (Wildman–Crippen MR) is 134 cm³/mol. The minimum Gasteiger partial charge on any atom is -0.454 e. The van der Waals surface area contributed by atoms with Crippen molar-refractivity contribution in [3.8, 4) is 11.5 Å². The van der Waals surface area contributed by atoms with Gasteiger partial charge in [0.1, 0.15) is 0 Å². The molecule has 2 heterocycles. The lowest BCUT2D eigenvalue weighted by Gasteiger charge is -2.34. The van der Waals surface area contributed by atoms with Crippen LogP contribution in [0.25, 0.3) is 0 Å². The van der Waals surface area contributed by atoms with Crippen molar-refractivity contribution >= 4 is 20.0 Å². The summed E-state index contributed by atoms with van der Waals surface area (Å²) in [5.74, 6) is 1.19. The molecule has 0 saturated carbocycles. The number of ether oxygens (including phenoxy) is 2. The minimum atomic E-state index is -3.83. The van der Waals surface area contributed by atoms with E-state index in [-0.39, 0.29) is 23.1 Å². The smallest absolute Gasteiger partial charge is 0.243 e. The quantitative estimate of drug-likeness (QED) is 0.478. The maximum Gasteiger partial charge on any atom is 0.243 e. The number of rotatable bonds is 8. The van der Waals surface area contributed by atoms with Gasteiger partial charge >= 0.3 is 0 Å². The Labute approximate surface area is 211 Å². The van der Waals surface area contributed by atoms with Gasteiger partial charge in [-0.3, -0.25) is 4.90 Å². The van der Waals surface area contributed by atoms with E-state index in [0.29, 0.717) is 43.2 Å². The number of fused-ring (bicyclic) bond motifs is 1. The van der Waals surface area contributed by atoms with Crippen molar-refractivity contribution in [1.82, 2.24) is 13.9 Å². The van der Waals surface area contributed by atoms with Crippen LogP contribution in [-0.4, -0.2) is 59.0 Å². The third kappa shape index (κ3) is 5.40. The van der Waals surface area contributed by atoms with Gasteiger partial charge in [-0.2, -0.15) is 4.31 Å². The van der Waals surface area contributed by atoms with Crippen LogP contribution in [0.5, 0.6) is 11.5 Å². The molecule has 3 aromatic rings. The van der Waals surface area contributed by atoms with E-state index in [0.717, 1.165) is 6.54 Å². The molecule has 1 fully saturated rings. The van der Waals surface area contributed by atoms with Gasteiger partial charge in [0.25, 0.3) is 0 Å². The van der Waals surface area contributed by atoms with Crippen molar-refractivity contribution in [3.63, 3.8) is 0 Å². The zero-order valence-corrected chi connectivity index (χ0v) is 21.2. The largest absolute Gasteiger partial charge is 0.454 e. The van der Waals surface area contributed by atoms with Gasteiger partial charge in [-0.05, 0) is 47.5 Å². The summed E-state index contributed by atoms with van der Waals surface area (Å²) in [5.41, 5.74) is 1.91. The van der Waals surface area contributed by atoms with Gasteiger partial charge in [0, 0.05) is 39.3 Å². The van der Waals surface area contributed by atoms with Crippen LogP contribution in [-0.2, 0) is 33.1 Å². The fourth-order valence-corrected chi connectivity index (χ4v) is 6.66. The van der Waals surface area contributed by atoms with Crippen LogP contribution >= 0.6 is 0 Å². The molecule has 9 nitrogen and oxygen atoms in total. The van der Waals surface area contributed by atoms with Crippen molar-refractivity contribution in [1.29, 1.82) is 0 Å². The molecule has 0 amide bonds. The third-order valence-electron chi connectivity index (χ3n) is 6.26. The second kappa shape index (κ2) is 10.2. The number of nitrogens with zero attached hydrogens (tertiary/aromatic N) is 2. The normalized spacial score (nSPS) is 16.8. The highest BCUT2D eigenvalue weighted by Gasteiger charge is 2.29. The van der Waals surface area contributed by atoms with E-state index in [2.05, 4.69) is 21.8 Å². The highest BCUT2D eigenvalue weighted by molar-refractivity contribution is 7.89. The Kier molecular flexibility index (Phi) is 7.00. The average Bonchev–Trinajstić information content (AvgIpc) is 3.37. The van der Waals surface area contributed by atoms with Crippen LogP contribution in [0, 0.1) is 0 Å². The molecule has 0 spiro atoms. The summed E-state index contributed by atoms with van der Waals surface area (Å²) in [5, 5.41) is 0. The van der Waals surface area contributed by atoms with Crippen molar-refractivity contribution in [2.45, 2.75) is 22.9 Å². The molecule has 0 aromatic heterocycles. The average molecular weight is 530 g/mol. The molecule has 0 unspecified atom stereocenters. The Balaban J connectivity index is 1.20. The summed E-state index contributed by atoms with van der Waals surface area (Å²) in [4.78, 5) is 2.30. The molecule has 2 aliphatic rings. The van der Waals surface area contributed by atoms with Crippen LogP contribution in [0.4, 0.5) is 0 Å². The van der Waals surface area contributed by atoms with Crippen molar-refractivity contribution in [2.75, 3.05) is 33.0 Å². The Hall–Kier alpha value is -2.96. The molecule has 2 aliphatic heterocycles. The number of piperazine rings is 1. The molecule has 0 radical (unpaired) electrons. The molecule has 0 atom stereocenters. The summed E-state index contributed by atoms with van der Waals surface area (Å²) in [7, 11) is -7.55. The van der Waals surface area contributed by atoms with E-state index in [1.165, 1.54) is 34.1 Å². The Morgan fingerprint density at radius 1 is 0.722 bits per heavy atom. The zero-order chi connectivity index (χ0) is 25.2. The molecule has 11 heteroatoms. The zero-order valence-electron chi connectivity index (χ0n) is 19.5. The van der Waals surface area contributed by atoms with E-state index in [1.54, 1.807) is 18.2 Å². The topological polar surface area (TPSA) is 105 Å². The van der Waals surface area contributed by atoms with Crippen LogP contribution in [0.3, 0.4) is 0 Å². The first-order chi connectivity index (χ1) is 17.3. The summed E-state index contributed by atoms with van der Waals surface area (Å²) in [6.45, 7) is 3.00. The highest BCUT2D eigenvalue weighted by atomic mass is 32.2. The van der Waals surface area contributed by atoms with Crippen LogP contribution < -0.4 is 14.2 Å². The second-order valence-electron chi connectivity index (χ2n) is 8.65. The summed E-state index contributed by atoms with van der Waals surface area (Å²) >= 11 is 0. The lowest BCUT2D eigenvalue weighted by Crippen LogP contribution is -2.48. The summed E-state index contributed by atoms with van der Waals surface area (Å²) in [6, 6.07) is 20.6. The number of nitrogens with one attached hydrogen (secondary N) is 1. The summed E-state index contributed by atoms with van der Waals surface area (Å²) in [6.07, 6.45) is 0. The monoisotopic (exact) mass is 529 g/mol. The van der Waals surface area contributed by atoms with E-state index in [4.69, 9.17) is 9.47 Å². The van der Waals surface area contributed by atoms with E-state index >= 15 is 0 Å². The molecule has 3 aromatic carbocycles. The Morgan fingerprint density at radius 2 is 1.39 bits per heavy atom. The van der Waals surface area contributed by atoms with Gasteiger partial charge in [-0.15, -0.1) is 0 Å². The molecule has 0 bridgehead atoms. The number of benzene rings is 3. The van der Waals surface area contributed by atoms with Crippen LogP contribution in [0.1, 0.15) is 11.1 Å². The van der Waals surface area contributed by atoms with Gasteiger partial charge in [-0.1, -0.05) is 36.4 Å². The molecular weight excluding hydrogens is 502 g/mol. The molecule has 1 N–H and O–H groups in total. The minimum absolute atomic E-state index is 0.00475. The van der Waals surface area contributed by atoms with Gasteiger partial charge in [-0.25, -0.2) is 21.6 Å². The predicted octanol–water partition coefficient (Wildman–Crippen LogP) is 2.40. The first-order valence-electron chi connectivity index (χ1n) is 11.6. The van der Waals surface area contributed by atoms with Gasteiger partial charge < -0.3 is 9.47 Å². The first kappa shape index (κ1) is 24.7. The lowest BCUT2D eigenvalue weighted by atomic mass is 10.2. The number of hydrogen-bond donors (Lipinski definition) is 1. The Morgan fingerprint density at radius 3 is 2.11 bits per heavy atom. The standard InChI is InChI=1S/C25H27N3O6S2/c29-35(30,26-17-21-6-11-24-25(16-21)34-19-33-24)22-7-9-23(10-8-22)36(31,32)28-14-12-27(13-15-28)18-20-4-2-1-3-5-20/h1-11,16,26H,12-15,17-19H2. The van der Waals surface area contributed by atoms with Crippen molar-refractivity contribution in [2.24, 2.45) is 0 Å². The molecule has 5 rings (SSSR count). The third-order valence-corrected chi connectivity index (χ3v) is 9.59. The molecule has 1 saturated heterocycles. The maximum absolute atomic E-state index is 13.1. The molecule has 36 heavy (non-hydrogen) atoms. The number of sulfonamides is 2. The van der Waals surface area contributed by atoms with Crippen LogP contribution in [0.15, 0.2) is 82.6 Å². The van der Waals surface area contributed by atoms with Crippen molar-refractivity contribution < 1.29 is 26.3 Å². The fraction of sp³-hybridized carbons (Fsp3) is 0.280. The van der Waals surface area contributed by atoms with E-state index < -0.39 is 20.0 Å². The number of hydrogen-bond acceptors (Lipinski definition) is 7. The molecule has 0 aliphatic carbocycles. The van der Waals surface area contributed by atoms with Crippen LogP contribution in [0.2, 0.25) is 0 Å². The first-order valence-corrected chi connectivity index (χ1v) is 14.5.